The smallest absolute Gasteiger partial charge is 0.320 e. The monoisotopic (exact) mass is 400 g/mol. The van der Waals surface area contributed by atoms with E-state index in [1.54, 1.807) is 18.2 Å². The van der Waals surface area contributed by atoms with Crippen molar-refractivity contribution in [1.29, 1.82) is 0 Å². The number of hydrogen-bond donors (Lipinski definition) is 3. The second kappa shape index (κ2) is 8.45. The lowest BCUT2D eigenvalue weighted by Crippen LogP contribution is -2.32. The van der Waals surface area contributed by atoms with Crippen LogP contribution in [0.25, 0.3) is 0 Å². The zero-order chi connectivity index (χ0) is 20.3. The third-order valence-electron chi connectivity index (χ3n) is 4.42. The van der Waals surface area contributed by atoms with Crippen LogP contribution in [0.1, 0.15) is 16.7 Å². The van der Waals surface area contributed by atoms with Gasteiger partial charge in [-0.2, -0.15) is 0 Å². The Balaban J connectivity index is 1.62. The molecule has 2 aromatic rings. The van der Waals surface area contributed by atoms with Crippen LogP contribution in [0, 0.1) is 6.92 Å². The molecule has 1 heterocycles. The number of thioether (sulfide) groups is 1. The summed E-state index contributed by atoms with van der Waals surface area (Å²) in [6.45, 7) is 1.88. The van der Waals surface area contributed by atoms with Crippen LogP contribution in [0.5, 0.6) is 11.5 Å². The van der Waals surface area contributed by atoms with E-state index in [1.165, 1.54) is 0 Å². The van der Waals surface area contributed by atoms with Gasteiger partial charge >= 0.3 is 5.97 Å². The largest absolute Gasteiger partial charge is 0.480 e. The molecule has 0 aliphatic carbocycles. The molecule has 2 amide bonds. The minimum atomic E-state index is -1.03. The maximum atomic E-state index is 11.6. The van der Waals surface area contributed by atoms with Crippen molar-refractivity contribution in [2.75, 3.05) is 0 Å². The number of carboxylic acids is 1. The van der Waals surface area contributed by atoms with Crippen LogP contribution in [0.15, 0.2) is 42.5 Å². The summed E-state index contributed by atoms with van der Waals surface area (Å²) < 4.78 is 5.84. The lowest BCUT2D eigenvalue weighted by atomic mass is 10.0. The Morgan fingerprint density at radius 3 is 2.46 bits per heavy atom. The number of carbonyl (C=O) groups excluding carboxylic acids is 2. The number of nitrogens with two attached hydrogens (primary N) is 1. The van der Waals surface area contributed by atoms with Crippen LogP contribution in [0.3, 0.4) is 0 Å². The first kappa shape index (κ1) is 19.9. The zero-order valence-electron chi connectivity index (χ0n) is 15.2. The quantitative estimate of drug-likeness (QED) is 0.654. The third-order valence-corrected chi connectivity index (χ3v) is 5.40. The van der Waals surface area contributed by atoms with Crippen molar-refractivity contribution in [3.05, 3.63) is 59.2 Å². The molecule has 0 radical (unpaired) electrons. The summed E-state index contributed by atoms with van der Waals surface area (Å²) in [5.41, 5.74) is 8.29. The first-order valence-corrected chi connectivity index (χ1v) is 9.56. The Labute approximate surface area is 166 Å². The number of carbonyl (C=O) groups is 3. The molecule has 1 aliphatic rings. The van der Waals surface area contributed by atoms with Crippen molar-refractivity contribution in [3.63, 3.8) is 0 Å². The van der Waals surface area contributed by atoms with Crippen LogP contribution < -0.4 is 15.8 Å². The van der Waals surface area contributed by atoms with Gasteiger partial charge in [-0.05, 0) is 60.7 Å². The predicted molar refractivity (Wildman–Crippen MR) is 106 cm³/mol. The molecular formula is C20H20N2O5S. The molecule has 4 N–H and O–H groups in total. The highest BCUT2D eigenvalue weighted by Gasteiger charge is 2.31. The average molecular weight is 400 g/mol. The van der Waals surface area contributed by atoms with Crippen molar-refractivity contribution in [1.82, 2.24) is 5.32 Å². The normalized spacial score (nSPS) is 17.3. The highest BCUT2D eigenvalue weighted by molar-refractivity contribution is 8.15. The Morgan fingerprint density at radius 1 is 1.21 bits per heavy atom. The highest BCUT2D eigenvalue weighted by Crippen LogP contribution is 2.27. The van der Waals surface area contributed by atoms with E-state index < -0.39 is 17.3 Å². The summed E-state index contributed by atoms with van der Waals surface area (Å²) in [7, 11) is 0. The number of amides is 2. The van der Waals surface area contributed by atoms with Crippen molar-refractivity contribution < 1.29 is 24.2 Å². The van der Waals surface area contributed by atoms with Gasteiger partial charge in [0, 0.05) is 0 Å². The molecule has 1 fully saturated rings. The van der Waals surface area contributed by atoms with Gasteiger partial charge in [-0.1, -0.05) is 30.0 Å². The van der Waals surface area contributed by atoms with Crippen molar-refractivity contribution >= 4 is 28.9 Å². The molecule has 0 aromatic heterocycles. The second-order valence-electron chi connectivity index (χ2n) is 6.57. The van der Waals surface area contributed by atoms with Gasteiger partial charge in [0.05, 0.1) is 5.25 Å². The molecule has 2 unspecified atom stereocenters. The summed E-state index contributed by atoms with van der Waals surface area (Å²) in [6, 6.07) is 11.8. The molecule has 1 saturated heterocycles. The minimum absolute atomic E-state index is 0.255. The molecule has 2 aromatic carbocycles. The van der Waals surface area contributed by atoms with Crippen molar-refractivity contribution in [2.45, 2.75) is 31.1 Å². The van der Waals surface area contributed by atoms with E-state index in [1.807, 2.05) is 31.2 Å². The Morgan fingerprint density at radius 2 is 1.89 bits per heavy atom. The Bertz CT molecular complexity index is 913. The molecule has 0 saturated carbocycles. The molecule has 8 heteroatoms. The van der Waals surface area contributed by atoms with Gasteiger partial charge in [0.15, 0.2) is 0 Å². The number of imide groups is 1. The SMILES string of the molecule is Cc1cc(Oc2ccc(CC3SC(=O)NC3=O)cc2)ccc1CC(N)C(=O)O. The van der Waals surface area contributed by atoms with Gasteiger partial charge in [0.2, 0.25) is 5.91 Å². The second-order valence-corrected chi connectivity index (χ2v) is 7.75. The minimum Gasteiger partial charge on any atom is -0.480 e. The molecule has 0 bridgehead atoms. The van der Waals surface area contributed by atoms with Crippen LogP contribution in [0.4, 0.5) is 4.79 Å². The van der Waals surface area contributed by atoms with E-state index in [4.69, 9.17) is 15.6 Å². The van der Waals surface area contributed by atoms with E-state index >= 15 is 0 Å². The number of benzene rings is 2. The summed E-state index contributed by atoms with van der Waals surface area (Å²) >= 11 is 1.01. The van der Waals surface area contributed by atoms with Gasteiger partial charge in [-0.3, -0.25) is 19.7 Å². The van der Waals surface area contributed by atoms with E-state index in [9.17, 15) is 14.4 Å². The molecule has 1 aliphatic heterocycles. The number of aliphatic carboxylic acids is 1. The lowest BCUT2D eigenvalue weighted by Gasteiger charge is -2.12. The molecule has 7 nitrogen and oxygen atoms in total. The molecule has 146 valence electrons. The fraction of sp³-hybridized carbons (Fsp3) is 0.250. The van der Waals surface area contributed by atoms with Crippen molar-refractivity contribution in [2.24, 2.45) is 5.73 Å². The van der Waals surface area contributed by atoms with Gasteiger partial charge < -0.3 is 15.6 Å². The number of nitrogens with one attached hydrogen (secondary N) is 1. The lowest BCUT2D eigenvalue weighted by molar-refractivity contribution is -0.138. The summed E-state index contributed by atoms with van der Waals surface area (Å²) in [5, 5.41) is 10.5. The Hall–Kier alpha value is -2.84. The first-order valence-electron chi connectivity index (χ1n) is 8.68. The average Bonchev–Trinajstić information content (AvgIpc) is 2.96. The van der Waals surface area contributed by atoms with Gasteiger partial charge in [-0.15, -0.1) is 0 Å². The predicted octanol–water partition coefficient (Wildman–Crippen LogP) is 2.64. The molecule has 3 rings (SSSR count). The van der Waals surface area contributed by atoms with Crippen molar-refractivity contribution in [3.8, 4) is 11.5 Å². The number of rotatable bonds is 7. The number of ether oxygens (including phenoxy) is 1. The summed E-state index contributed by atoms with van der Waals surface area (Å²) in [4.78, 5) is 33.8. The highest BCUT2D eigenvalue weighted by atomic mass is 32.2. The van der Waals surface area contributed by atoms with Gasteiger partial charge in [-0.25, -0.2) is 0 Å². The molecule has 0 spiro atoms. The number of aryl methyl sites for hydroxylation is 1. The standard InChI is InChI=1S/C20H20N2O5S/c1-11-8-15(7-4-13(11)10-16(21)19(24)25)27-14-5-2-12(3-6-14)9-17-18(23)22-20(26)28-17/h2-8,16-17H,9-10,21H2,1H3,(H,24,25)(H,22,23,26). The number of hydrogen-bond acceptors (Lipinski definition) is 6. The van der Waals surface area contributed by atoms with Crippen LogP contribution in [-0.4, -0.2) is 33.5 Å². The topological polar surface area (TPSA) is 119 Å². The molecular weight excluding hydrogens is 380 g/mol. The Kier molecular flexibility index (Phi) is 6.01. The summed E-state index contributed by atoms with van der Waals surface area (Å²) in [5.74, 6) is -0.0156. The zero-order valence-corrected chi connectivity index (χ0v) is 16.0. The van der Waals surface area contributed by atoms with E-state index in [0.29, 0.717) is 17.9 Å². The summed E-state index contributed by atoms with van der Waals surface area (Å²) in [6.07, 6.45) is 0.728. The maximum absolute atomic E-state index is 11.6. The van der Waals surface area contributed by atoms with Gasteiger partial charge in [0.25, 0.3) is 5.24 Å². The number of carboxylic acid groups (broad SMARTS) is 1. The van der Waals surface area contributed by atoms with Crippen LogP contribution in [-0.2, 0) is 22.4 Å². The fourth-order valence-corrected chi connectivity index (χ4v) is 3.72. The fourth-order valence-electron chi connectivity index (χ4n) is 2.86. The van der Waals surface area contributed by atoms with E-state index in [0.717, 1.165) is 28.5 Å². The molecule has 28 heavy (non-hydrogen) atoms. The molecule has 2 atom stereocenters. The third kappa shape index (κ3) is 4.90. The van der Waals surface area contributed by atoms with E-state index in [-0.39, 0.29) is 17.6 Å². The maximum Gasteiger partial charge on any atom is 0.320 e. The van der Waals surface area contributed by atoms with E-state index in [2.05, 4.69) is 5.32 Å². The van der Waals surface area contributed by atoms with Gasteiger partial charge in [0.1, 0.15) is 17.5 Å². The first-order chi connectivity index (χ1) is 13.3. The van der Waals surface area contributed by atoms with Crippen LogP contribution in [0.2, 0.25) is 0 Å². The van der Waals surface area contributed by atoms with Crippen LogP contribution >= 0.6 is 11.8 Å².